The number of aliphatic hydroxyl groups is 1. The van der Waals surface area contributed by atoms with Crippen molar-refractivity contribution in [3.8, 4) is 0 Å². The summed E-state index contributed by atoms with van der Waals surface area (Å²) >= 11 is 9.04. The summed E-state index contributed by atoms with van der Waals surface area (Å²) in [4.78, 5) is 0. The predicted octanol–water partition coefficient (Wildman–Crippen LogP) is 2.63. The topological polar surface area (TPSA) is 55.8 Å². The summed E-state index contributed by atoms with van der Waals surface area (Å²) < 4.78 is 19.6. The Kier molecular flexibility index (Phi) is 5.49. The van der Waals surface area contributed by atoms with Crippen LogP contribution in [-0.2, 0) is 13.6 Å². The molecule has 0 amide bonds. The van der Waals surface area contributed by atoms with E-state index in [-0.39, 0.29) is 0 Å². The third kappa shape index (κ3) is 3.36. The number of hydrogen-bond acceptors (Lipinski definition) is 4. The molecule has 0 aromatic heterocycles. The van der Waals surface area contributed by atoms with Crippen molar-refractivity contribution in [3.05, 3.63) is 0 Å². The van der Waals surface area contributed by atoms with E-state index in [1.165, 1.54) is 14.2 Å². The zero-order chi connectivity index (χ0) is 9.99. The molecule has 8 heteroatoms. The first-order chi connectivity index (χ1) is 5.28. The van der Waals surface area contributed by atoms with Crippen molar-refractivity contribution in [1.82, 2.24) is 0 Å². The Hall–Kier alpha value is 1.55. The Morgan fingerprint density at radius 1 is 1.33 bits per heavy atom. The highest BCUT2D eigenvalue weighted by molar-refractivity contribution is 9.39. The molecule has 0 aliphatic heterocycles. The van der Waals surface area contributed by atoms with Crippen molar-refractivity contribution >= 4 is 55.4 Å². The smallest absolute Gasteiger partial charge is 0.361 e. The van der Waals surface area contributed by atoms with Gasteiger partial charge < -0.3 is 14.2 Å². The standard InChI is InChI=1S/C4H8Br3O4P/c1-10-12(9,11-2)3(8)4(5,6)7/h3,8H,1-2H3. The van der Waals surface area contributed by atoms with Crippen LogP contribution in [-0.4, -0.2) is 27.3 Å². The SMILES string of the molecule is COP(=O)(OC)C(O)C(Br)(Br)Br. The highest BCUT2D eigenvalue weighted by Crippen LogP contribution is 2.59. The molecule has 0 spiro atoms. The minimum Gasteiger partial charge on any atom is -0.378 e. The highest BCUT2D eigenvalue weighted by Gasteiger charge is 2.45. The monoisotopic (exact) mass is 388 g/mol. The fourth-order valence-electron chi connectivity index (χ4n) is 0.454. The van der Waals surface area contributed by atoms with Gasteiger partial charge in [-0.15, -0.1) is 0 Å². The molecule has 0 aromatic carbocycles. The molecule has 0 radical (unpaired) electrons. The van der Waals surface area contributed by atoms with Gasteiger partial charge in [0.15, 0.2) is 7.99 Å². The number of halogens is 3. The molecule has 0 fully saturated rings. The third-order valence-corrected chi connectivity index (χ3v) is 5.47. The first-order valence-corrected chi connectivity index (χ1v) is 6.73. The van der Waals surface area contributed by atoms with Gasteiger partial charge in [0.1, 0.15) is 0 Å². The zero-order valence-electron chi connectivity index (χ0n) is 6.33. The van der Waals surface area contributed by atoms with Crippen molar-refractivity contribution in [2.75, 3.05) is 14.2 Å². The molecule has 0 saturated carbocycles. The predicted molar refractivity (Wildman–Crippen MR) is 57.1 cm³/mol. The van der Waals surface area contributed by atoms with Gasteiger partial charge in [-0.3, -0.25) is 4.57 Å². The van der Waals surface area contributed by atoms with E-state index in [0.717, 1.165) is 0 Å². The largest absolute Gasteiger partial charge is 0.378 e. The van der Waals surface area contributed by atoms with Crippen LogP contribution in [0.15, 0.2) is 0 Å². The molecule has 1 N–H and O–H groups in total. The van der Waals surface area contributed by atoms with Gasteiger partial charge in [-0.2, -0.15) is 0 Å². The van der Waals surface area contributed by atoms with Crippen LogP contribution in [0.25, 0.3) is 0 Å². The minimum absolute atomic E-state index is 1.07. The number of alkyl halides is 3. The molecule has 0 saturated heterocycles. The van der Waals surface area contributed by atoms with E-state index in [9.17, 15) is 9.67 Å². The third-order valence-electron chi connectivity index (χ3n) is 1.10. The lowest BCUT2D eigenvalue weighted by Gasteiger charge is -2.25. The summed E-state index contributed by atoms with van der Waals surface area (Å²) in [6.07, 6.45) is 0. The van der Waals surface area contributed by atoms with E-state index in [2.05, 4.69) is 56.8 Å². The summed E-state index contributed by atoms with van der Waals surface area (Å²) in [5.74, 6) is -1.35. The summed E-state index contributed by atoms with van der Waals surface area (Å²) in [5.41, 5.74) is 0. The van der Waals surface area contributed by atoms with E-state index in [4.69, 9.17) is 0 Å². The van der Waals surface area contributed by atoms with Crippen molar-refractivity contribution in [2.24, 2.45) is 0 Å². The second-order valence-corrected chi connectivity index (χ2v) is 11.1. The zero-order valence-corrected chi connectivity index (χ0v) is 12.0. The van der Waals surface area contributed by atoms with Crippen LogP contribution in [0.4, 0.5) is 0 Å². The first kappa shape index (κ1) is 13.5. The molecule has 0 heterocycles. The first-order valence-electron chi connectivity index (χ1n) is 2.74. The van der Waals surface area contributed by atoms with Crippen molar-refractivity contribution in [2.45, 2.75) is 7.99 Å². The van der Waals surface area contributed by atoms with Crippen molar-refractivity contribution in [1.29, 1.82) is 0 Å². The summed E-state index contributed by atoms with van der Waals surface area (Å²) in [6, 6.07) is 0. The van der Waals surface area contributed by atoms with Crippen molar-refractivity contribution in [3.63, 3.8) is 0 Å². The van der Waals surface area contributed by atoms with Gasteiger partial charge in [0.2, 0.25) is 0 Å². The van der Waals surface area contributed by atoms with Crippen molar-refractivity contribution < 1.29 is 18.7 Å². The molecule has 0 bridgehead atoms. The lowest BCUT2D eigenvalue weighted by atomic mass is 10.9. The quantitative estimate of drug-likeness (QED) is 0.594. The van der Waals surface area contributed by atoms with Crippen LogP contribution in [0.3, 0.4) is 0 Å². The maximum Gasteiger partial charge on any atom is 0.361 e. The molecule has 4 nitrogen and oxygen atoms in total. The molecule has 1 atom stereocenters. The molecule has 74 valence electrons. The van der Waals surface area contributed by atoms with Gasteiger partial charge >= 0.3 is 7.60 Å². The fourth-order valence-corrected chi connectivity index (χ4v) is 3.62. The van der Waals surface area contributed by atoms with Gasteiger partial charge in [0, 0.05) is 14.2 Å². The second kappa shape index (κ2) is 4.87. The van der Waals surface area contributed by atoms with Gasteiger partial charge in [0.25, 0.3) is 0 Å². The van der Waals surface area contributed by atoms with Crippen LogP contribution < -0.4 is 0 Å². The van der Waals surface area contributed by atoms with Crippen LogP contribution in [0.2, 0.25) is 0 Å². The summed E-state index contributed by atoms with van der Waals surface area (Å²) in [5, 5.41) is 9.45. The maximum atomic E-state index is 11.5. The van der Waals surface area contributed by atoms with Gasteiger partial charge in [0.05, 0.1) is 0 Å². The van der Waals surface area contributed by atoms with Crippen LogP contribution >= 0.6 is 55.4 Å². The average molecular weight is 391 g/mol. The maximum absolute atomic E-state index is 11.5. The molecule has 12 heavy (non-hydrogen) atoms. The van der Waals surface area contributed by atoms with Crippen LogP contribution in [0.5, 0.6) is 0 Å². The Labute approximate surface area is 95.9 Å². The molecular formula is C4H8Br3O4P. The van der Waals surface area contributed by atoms with E-state index >= 15 is 0 Å². The van der Waals surface area contributed by atoms with Crippen LogP contribution in [0.1, 0.15) is 0 Å². The van der Waals surface area contributed by atoms with E-state index in [0.29, 0.717) is 0 Å². The molecule has 0 aliphatic rings. The summed E-state index contributed by atoms with van der Waals surface area (Å²) in [7, 11) is -1.08. The Bertz CT molecular complexity index is 183. The van der Waals surface area contributed by atoms with Crippen LogP contribution in [0, 0.1) is 0 Å². The van der Waals surface area contributed by atoms with Gasteiger partial charge in [-0.05, 0) is 0 Å². The Morgan fingerprint density at radius 3 is 1.75 bits per heavy atom. The Morgan fingerprint density at radius 2 is 1.67 bits per heavy atom. The minimum atomic E-state index is -3.48. The molecular weight excluding hydrogens is 383 g/mol. The highest BCUT2D eigenvalue weighted by atomic mass is 80.0. The molecule has 0 rings (SSSR count). The average Bonchev–Trinajstić information content (AvgIpc) is 2.00. The summed E-state index contributed by atoms with van der Waals surface area (Å²) in [6.45, 7) is 0. The van der Waals surface area contributed by atoms with Gasteiger partial charge in [-0.1, -0.05) is 47.8 Å². The molecule has 1 unspecified atom stereocenters. The normalized spacial score (nSPS) is 16.2. The lowest BCUT2D eigenvalue weighted by Crippen LogP contribution is -2.24. The second-order valence-electron chi connectivity index (χ2n) is 1.82. The van der Waals surface area contributed by atoms with E-state index < -0.39 is 15.6 Å². The van der Waals surface area contributed by atoms with E-state index in [1.54, 1.807) is 0 Å². The van der Waals surface area contributed by atoms with E-state index in [1.807, 2.05) is 0 Å². The fraction of sp³-hybridized carbons (Fsp3) is 1.00. The molecule has 0 aromatic rings. The number of rotatable bonds is 3. The number of aliphatic hydroxyl groups excluding tert-OH is 1. The lowest BCUT2D eigenvalue weighted by molar-refractivity contribution is 0.182. The Balaban J connectivity index is 4.66. The van der Waals surface area contributed by atoms with Gasteiger partial charge in [-0.25, -0.2) is 0 Å². The number of hydrogen-bond donors (Lipinski definition) is 1. The molecule has 0 aliphatic carbocycles.